The molecule has 0 bridgehead atoms. The van der Waals surface area contributed by atoms with E-state index in [0.29, 0.717) is 0 Å². The van der Waals surface area contributed by atoms with Gasteiger partial charge >= 0.3 is 6.18 Å². The van der Waals surface area contributed by atoms with Crippen LogP contribution in [-0.4, -0.2) is 15.9 Å². The first-order chi connectivity index (χ1) is 10.9. The molecule has 0 fully saturated rings. The van der Waals surface area contributed by atoms with Gasteiger partial charge in [0.25, 0.3) is 5.91 Å². The molecule has 7 heteroatoms. The zero-order chi connectivity index (χ0) is 16.4. The predicted octanol–water partition coefficient (Wildman–Crippen LogP) is 3.51. The van der Waals surface area contributed by atoms with Crippen LogP contribution in [0.4, 0.5) is 13.2 Å². The normalized spacial score (nSPS) is 11.6. The van der Waals surface area contributed by atoms with E-state index in [2.05, 4.69) is 15.3 Å². The number of rotatable bonds is 3. The van der Waals surface area contributed by atoms with Crippen LogP contribution in [0.1, 0.15) is 21.5 Å². The van der Waals surface area contributed by atoms with Crippen LogP contribution in [0.25, 0.3) is 11.0 Å². The number of carbonyl (C=O) groups is 1. The molecule has 3 aromatic rings. The lowest BCUT2D eigenvalue weighted by atomic mass is 10.1. The lowest BCUT2D eigenvalue weighted by molar-refractivity contribution is -0.137. The van der Waals surface area contributed by atoms with Crippen molar-refractivity contribution >= 4 is 16.9 Å². The van der Waals surface area contributed by atoms with Crippen LogP contribution in [0.15, 0.2) is 48.8 Å². The van der Waals surface area contributed by atoms with Crippen molar-refractivity contribution in [1.29, 1.82) is 0 Å². The quantitative estimate of drug-likeness (QED) is 0.776. The van der Waals surface area contributed by atoms with Crippen LogP contribution in [0.2, 0.25) is 0 Å². The smallest absolute Gasteiger partial charge is 0.348 e. The number of halogens is 3. The van der Waals surface area contributed by atoms with E-state index in [1.54, 1.807) is 6.33 Å². The number of alkyl halides is 3. The number of aromatic nitrogens is 2. The van der Waals surface area contributed by atoms with Crippen LogP contribution in [-0.2, 0) is 12.7 Å². The maximum Gasteiger partial charge on any atom is 0.416 e. The van der Waals surface area contributed by atoms with Crippen molar-refractivity contribution in [3.8, 4) is 0 Å². The number of amides is 1. The first kappa shape index (κ1) is 15.1. The number of fused-ring (bicyclic) bond motifs is 1. The van der Waals surface area contributed by atoms with E-state index in [1.165, 1.54) is 0 Å². The van der Waals surface area contributed by atoms with Gasteiger partial charge in [-0.3, -0.25) is 4.79 Å². The Morgan fingerprint density at radius 3 is 2.57 bits per heavy atom. The van der Waals surface area contributed by atoms with E-state index >= 15 is 0 Å². The number of hydrogen-bond donors (Lipinski definition) is 2. The average molecular weight is 319 g/mol. The Kier molecular flexibility index (Phi) is 3.77. The molecule has 1 amide bonds. The molecule has 0 aliphatic heterocycles. The van der Waals surface area contributed by atoms with Gasteiger partial charge in [-0.25, -0.2) is 4.98 Å². The molecule has 0 saturated heterocycles. The highest BCUT2D eigenvalue weighted by Gasteiger charge is 2.30. The molecule has 3 rings (SSSR count). The monoisotopic (exact) mass is 319 g/mol. The third-order valence-electron chi connectivity index (χ3n) is 3.41. The van der Waals surface area contributed by atoms with Crippen LogP contribution in [0, 0.1) is 0 Å². The SMILES string of the molecule is O=C(NCc1ccc2nc[nH]c2c1)c1ccc(C(F)(F)F)cc1. The molecule has 2 N–H and O–H groups in total. The Labute approximate surface area is 129 Å². The average Bonchev–Trinajstić information content (AvgIpc) is 2.99. The van der Waals surface area contributed by atoms with E-state index in [9.17, 15) is 18.0 Å². The lowest BCUT2D eigenvalue weighted by Crippen LogP contribution is -2.22. The minimum atomic E-state index is -4.41. The van der Waals surface area contributed by atoms with Crippen molar-refractivity contribution in [2.24, 2.45) is 0 Å². The first-order valence-corrected chi connectivity index (χ1v) is 6.81. The van der Waals surface area contributed by atoms with Crippen LogP contribution >= 0.6 is 0 Å². The Bertz CT molecular complexity index is 838. The van der Waals surface area contributed by atoms with Gasteiger partial charge < -0.3 is 10.3 Å². The van der Waals surface area contributed by atoms with Crippen molar-refractivity contribution in [2.45, 2.75) is 12.7 Å². The minimum Gasteiger partial charge on any atom is -0.348 e. The molecule has 118 valence electrons. The summed E-state index contributed by atoms with van der Waals surface area (Å²) in [7, 11) is 0. The Balaban J connectivity index is 1.66. The molecule has 0 saturated carbocycles. The molecule has 0 radical (unpaired) electrons. The zero-order valence-corrected chi connectivity index (χ0v) is 11.8. The van der Waals surface area contributed by atoms with Crippen molar-refractivity contribution in [3.05, 3.63) is 65.5 Å². The highest BCUT2D eigenvalue weighted by Crippen LogP contribution is 2.29. The number of benzene rings is 2. The fraction of sp³-hybridized carbons (Fsp3) is 0.125. The van der Waals surface area contributed by atoms with E-state index < -0.39 is 17.6 Å². The molecule has 0 atom stereocenters. The van der Waals surface area contributed by atoms with Crippen molar-refractivity contribution in [2.75, 3.05) is 0 Å². The van der Waals surface area contributed by atoms with Gasteiger partial charge in [-0.2, -0.15) is 13.2 Å². The largest absolute Gasteiger partial charge is 0.416 e. The van der Waals surface area contributed by atoms with E-state index in [0.717, 1.165) is 40.9 Å². The number of nitrogens with zero attached hydrogens (tertiary/aromatic N) is 1. The topological polar surface area (TPSA) is 57.8 Å². The van der Waals surface area contributed by atoms with E-state index in [4.69, 9.17) is 0 Å². The summed E-state index contributed by atoms with van der Waals surface area (Å²) in [5.74, 6) is -0.427. The predicted molar refractivity (Wildman–Crippen MR) is 78.7 cm³/mol. The van der Waals surface area contributed by atoms with Crippen molar-refractivity contribution in [3.63, 3.8) is 0 Å². The second-order valence-electron chi connectivity index (χ2n) is 5.01. The summed E-state index contributed by atoms with van der Waals surface area (Å²) >= 11 is 0. The summed E-state index contributed by atoms with van der Waals surface area (Å²) in [6.07, 6.45) is -2.83. The molecule has 4 nitrogen and oxygen atoms in total. The standard InChI is InChI=1S/C16H12F3N3O/c17-16(18,19)12-4-2-11(3-5-12)15(23)20-8-10-1-6-13-14(7-10)22-9-21-13/h1-7,9H,8H2,(H,20,23)(H,21,22). The number of hydrogen-bond acceptors (Lipinski definition) is 2. The highest BCUT2D eigenvalue weighted by atomic mass is 19.4. The fourth-order valence-corrected chi connectivity index (χ4v) is 2.19. The third kappa shape index (κ3) is 3.33. The molecular weight excluding hydrogens is 307 g/mol. The van der Waals surface area contributed by atoms with Gasteiger partial charge in [0.1, 0.15) is 0 Å². The maximum absolute atomic E-state index is 12.5. The second-order valence-corrected chi connectivity index (χ2v) is 5.01. The number of imidazole rings is 1. The van der Waals surface area contributed by atoms with E-state index in [-0.39, 0.29) is 12.1 Å². The fourth-order valence-electron chi connectivity index (χ4n) is 2.19. The summed E-state index contributed by atoms with van der Waals surface area (Å²) < 4.78 is 37.4. The van der Waals surface area contributed by atoms with Crippen molar-refractivity contribution < 1.29 is 18.0 Å². The Hall–Kier alpha value is -2.83. The molecule has 0 aliphatic carbocycles. The molecule has 2 aromatic carbocycles. The van der Waals surface area contributed by atoms with Gasteiger partial charge in [-0.05, 0) is 42.0 Å². The van der Waals surface area contributed by atoms with Crippen molar-refractivity contribution in [1.82, 2.24) is 15.3 Å². The van der Waals surface area contributed by atoms with Gasteiger partial charge in [-0.15, -0.1) is 0 Å². The van der Waals surface area contributed by atoms with Crippen LogP contribution < -0.4 is 5.32 Å². The van der Waals surface area contributed by atoms with E-state index in [1.807, 2.05) is 18.2 Å². The summed E-state index contributed by atoms with van der Waals surface area (Å²) in [4.78, 5) is 19.0. The van der Waals surface area contributed by atoms with Crippen LogP contribution in [0.3, 0.4) is 0 Å². The minimum absolute atomic E-state index is 0.181. The molecule has 23 heavy (non-hydrogen) atoms. The summed E-state index contributed by atoms with van der Waals surface area (Å²) in [6.45, 7) is 0.273. The lowest BCUT2D eigenvalue weighted by Gasteiger charge is -2.08. The summed E-state index contributed by atoms with van der Waals surface area (Å²) in [6, 6.07) is 9.63. The molecular formula is C16H12F3N3O. The Morgan fingerprint density at radius 1 is 1.13 bits per heavy atom. The number of carbonyl (C=O) groups excluding carboxylic acids is 1. The van der Waals surface area contributed by atoms with Gasteiger partial charge in [0.05, 0.1) is 22.9 Å². The molecule has 1 aromatic heterocycles. The number of aromatic amines is 1. The van der Waals surface area contributed by atoms with Gasteiger partial charge in [0.2, 0.25) is 0 Å². The summed E-state index contributed by atoms with van der Waals surface area (Å²) in [5.41, 5.74) is 1.94. The highest BCUT2D eigenvalue weighted by molar-refractivity contribution is 5.94. The molecule has 0 aliphatic rings. The Morgan fingerprint density at radius 2 is 1.87 bits per heavy atom. The zero-order valence-electron chi connectivity index (χ0n) is 11.8. The summed E-state index contributed by atoms with van der Waals surface area (Å²) in [5, 5.41) is 2.68. The van der Waals surface area contributed by atoms with Gasteiger partial charge in [0, 0.05) is 12.1 Å². The molecule has 1 heterocycles. The molecule has 0 spiro atoms. The second kappa shape index (κ2) is 5.75. The maximum atomic E-state index is 12.5. The van der Waals surface area contributed by atoms with Crippen LogP contribution in [0.5, 0.6) is 0 Å². The molecule has 0 unspecified atom stereocenters. The number of nitrogens with one attached hydrogen (secondary N) is 2. The first-order valence-electron chi connectivity index (χ1n) is 6.81. The van der Waals surface area contributed by atoms with Gasteiger partial charge in [-0.1, -0.05) is 6.07 Å². The number of H-pyrrole nitrogens is 1. The third-order valence-corrected chi connectivity index (χ3v) is 3.41. The van der Waals surface area contributed by atoms with Gasteiger partial charge in [0.15, 0.2) is 0 Å².